The molecule has 2 aromatic rings. The molecule has 0 aliphatic carbocycles. The normalized spacial score (nSPS) is 10.7. The molecule has 6 heteroatoms. The summed E-state index contributed by atoms with van der Waals surface area (Å²) in [7, 11) is 1.57. The molecule has 2 heterocycles. The van der Waals surface area contributed by atoms with Crippen molar-refractivity contribution in [2.45, 2.75) is 26.9 Å². The van der Waals surface area contributed by atoms with E-state index in [-0.39, 0.29) is 5.56 Å². The molecule has 0 amide bonds. The third-order valence-electron chi connectivity index (χ3n) is 2.97. The Morgan fingerprint density at radius 3 is 2.86 bits per heavy atom. The van der Waals surface area contributed by atoms with Gasteiger partial charge >= 0.3 is 0 Å². The van der Waals surface area contributed by atoms with Gasteiger partial charge in [-0.25, -0.2) is 9.97 Å². The van der Waals surface area contributed by atoms with E-state index in [4.69, 9.17) is 4.74 Å². The van der Waals surface area contributed by atoms with Gasteiger partial charge in [0.2, 0.25) is 5.88 Å². The van der Waals surface area contributed by atoms with E-state index in [0.29, 0.717) is 30.7 Å². The average Bonchev–Trinajstić information content (AvgIpc) is 2.48. The standard InChI is InChI=1S/C15H20N4O2/c1-11(2)10-19-8-7-16-13(15(19)20)18-9-12-5-4-6-17-14(12)21-3/h4-8,11H,9-10H2,1-3H3,(H,16,18). The van der Waals surface area contributed by atoms with Gasteiger partial charge in [-0.05, 0) is 12.0 Å². The molecule has 0 unspecified atom stereocenters. The van der Waals surface area contributed by atoms with E-state index in [1.807, 2.05) is 12.1 Å². The first-order valence-corrected chi connectivity index (χ1v) is 6.89. The van der Waals surface area contributed by atoms with Gasteiger partial charge in [0.05, 0.1) is 7.11 Å². The average molecular weight is 288 g/mol. The van der Waals surface area contributed by atoms with Gasteiger partial charge in [0.1, 0.15) is 0 Å². The molecule has 0 radical (unpaired) electrons. The second-order valence-corrected chi connectivity index (χ2v) is 5.15. The molecule has 112 valence electrons. The van der Waals surface area contributed by atoms with Crippen LogP contribution >= 0.6 is 0 Å². The van der Waals surface area contributed by atoms with Crippen LogP contribution in [0.5, 0.6) is 5.88 Å². The predicted octanol–water partition coefficient (Wildman–Crippen LogP) is 1.91. The van der Waals surface area contributed by atoms with Crippen molar-refractivity contribution in [2.24, 2.45) is 5.92 Å². The number of aromatic nitrogens is 3. The lowest BCUT2D eigenvalue weighted by atomic mass is 10.2. The molecule has 6 nitrogen and oxygen atoms in total. The minimum absolute atomic E-state index is 0.117. The summed E-state index contributed by atoms with van der Waals surface area (Å²) in [5, 5.41) is 3.05. The molecule has 21 heavy (non-hydrogen) atoms. The lowest BCUT2D eigenvalue weighted by Crippen LogP contribution is -2.26. The maximum Gasteiger partial charge on any atom is 0.293 e. The fourth-order valence-electron chi connectivity index (χ4n) is 2.03. The second kappa shape index (κ2) is 6.88. The van der Waals surface area contributed by atoms with Crippen LogP contribution in [-0.2, 0) is 13.1 Å². The summed E-state index contributed by atoms with van der Waals surface area (Å²) in [6, 6.07) is 3.73. The van der Waals surface area contributed by atoms with Gasteiger partial charge in [-0.1, -0.05) is 19.9 Å². The summed E-state index contributed by atoms with van der Waals surface area (Å²) in [6.07, 6.45) is 5.00. The first-order chi connectivity index (χ1) is 10.1. The topological polar surface area (TPSA) is 69.0 Å². The van der Waals surface area contributed by atoms with Gasteiger partial charge in [0.25, 0.3) is 5.56 Å². The number of ether oxygens (including phenoxy) is 1. The van der Waals surface area contributed by atoms with E-state index in [0.717, 1.165) is 5.56 Å². The maximum atomic E-state index is 12.3. The summed E-state index contributed by atoms with van der Waals surface area (Å²) >= 11 is 0. The van der Waals surface area contributed by atoms with Crippen LogP contribution in [0, 0.1) is 5.92 Å². The van der Waals surface area contributed by atoms with E-state index >= 15 is 0 Å². The van der Waals surface area contributed by atoms with E-state index in [1.165, 1.54) is 0 Å². The van der Waals surface area contributed by atoms with Gasteiger partial charge in [0.15, 0.2) is 5.82 Å². The van der Waals surface area contributed by atoms with E-state index in [9.17, 15) is 4.79 Å². The number of nitrogens with one attached hydrogen (secondary N) is 1. The summed E-state index contributed by atoms with van der Waals surface area (Å²) in [5.41, 5.74) is 0.759. The van der Waals surface area contributed by atoms with Crippen LogP contribution in [0.2, 0.25) is 0 Å². The summed E-state index contributed by atoms with van der Waals surface area (Å²) < 4.78 is 6.85. The van der Waals surface area contributed by atoms with Gasteiger partial charge in [0, 0.05) is 37.2 Å². The van der Waals surface area contributed by atoms with Crippen LogP contribution in [0.15, 0.2) is 35.5 Å². The molecule has 0 saturated heterocycles. The fourth-order valence-corrected chi connectivity index (χ4v) is 2.03. The molecular weight excluding hydrogens is 268 g/mol. The Labute approximate surface area is 123 Å². The molecule has 0 spiro atoms. The van der Waals surface area contributed by atoms with Gasteiger partial charge in [-0.15, -0.1) is 0 Å². The third-order valence-corrected chi connectivity index (χ3v) is 2.97. The highest BCUT2D eigenvalue weighted by molar-refractivity contribution is 5.35. The molecule has 0 fully saturated rings. The number of pyridine rings is 1. The molecule has 0 aromatic carbocycles. The number of nitrogens with zero attached hydrogens (tertiary/aromatic N) is 3. The third kappa shape index (κ3) is 3.81. The highest BCUT2D eigenvalue weighted by atomic mass is 16.5. The Balaban J connectivity index is 2.15. The smallest absolute Gasteiger partial charge is 0.293 e. The van der Waals surface area contributed by atoms with Crippen LogP contribution in [0.25, 0.3) is 0 Å². The molecule has 2 aromatic heterocycles. The summed E-state index contributed by atoms with van der Waals surface area (Å²) in [4.78, 5) is 20.5. The van der Waals surface area contributed by atoms with Crippen molar-refractivity contribution in [2.75, 3.05) is 12.4 Å². The molecule has 0 aliphatic rings. The zero-order valence-electron chi connectivity index (χ0n) is 12.5. The fraction of sp³-hybridized carbons (Fsp3) is 0.400. The van der Waals surface area contributed by atoms with E-state index in [2.05, 4.69) is 29.1 Å². The Morgan fingerprint density at radius 1 is 1.33 bits per heavy atom. The minimum Gasteiger partial charge on any atom is -0.481 e. The molecule has 0 aliphatic heterocycles. The number of hydrogen-bond acceptors (Lipinski definition) is 5. The van der Waals surface area contributed by atoms with Crippen LogP contribution in [-0.4, -0.2) is 21.6 Å². The Hall–Kier alpha value is -2.37. The van der Waals surface area contributed by atoms with Gasteiger partial charge in [-0.3, -0.25) is 4.79 Å². The van der Waals surface area contributed by atoms with Gasteiger partial charge < -0.3 is 14.6 Å². The van der Waals surface area contributed by atoms with Gasteiger partial charge in [-0.2, -0.15) is 0 Å². The Kier molecular flexibility index (Phi) is 4.92. The van der Waals surface area contributed by atoms with E-state index in [1.54, 1.807) is 30.3 Å². The predicted molar refractivity (Wildman–Crippen MR) is 81.5 cm³/mol. The first kappa shape index (κ1) is 15.0. The number of methoxy groups -OCH3 is 1. The number of anilines is 1. The molecule has 1 N–H and O–H groups in total. The van der Waals surface area contributed by atoms with Crippen LogP contribution in [0.1, 0.15) is 19.4 Å². The quantitative estimate of drug-likeness (QED) is 0.879. The molecular formula is C15H20N4O2. The zero-order chi connectivity index (χ0) is 15.2. The zero-order valence-corrected chi connectivity index (χ0v) is 12.5. The van der Waals surface area contributed by atoms with Crippen molar-refractivity contribution in [1.82, 2.24) is 14.5 Å². The Morgan fingerprint density at radius 2 is 2.14 bits per heavy atom. The number of hydrogen-bond donors (Lipinski definition) is 1. The largest absolute Gasteiger partial charge is 0.481 e. The maximum absolute atomic E-state index is 12.3. The molecule has 0 atom stereocenters. The monoisotopic (exact) mass is 288 g/mol. The van der Waals surface area contributed by atoms with E-state index < -0.39 is 0 Å². The first-order valence-electron chi connectivity index (χ1n) is 6.89. The second-order valence-electron chi connectivity index (χ2n) is 5.15. The van der Waals surface area contributed by atoms with Crippen molar-refractivity contribution in [3.8, 4) is 5.88 Å². The molecule has 2 rings (SSSR count). The van der Waals surface area contributed by atoms with Crippen molar-refractivity contribution >= 4 is 5.82 Å². The summed E-state index contributed by atoms with van der Waals surface area (Å²) in [5.74, 6) is 1.28. The van der Waals surface area contributed by atoms with Crippen LogP contribution < -0.4 is 15.6 Å². The molecule has 0 bridgehead atoms. The number of rotatable bonds is 6. The van der Waals surface area contributed by atoms with Crippen molar-refractivity contribution in [3.05, 3.63) is 46.6 Å². The summed E-state index contributed by atoms with van der Waals surface area (Å²) in [6.45, 7) is 5.25. The lowest BCUT2D eigenvalue weighted by molar-refractivity contribution is 0.393. The lowest BCUT2D eigenvalue weighted by Gasteiger charge is -2.11. The van der Waals surface area contributed by atoms with Crippen molar-refractivity contribution in [3.63, 3.8) is 0 Å². The highest BCUT2D eigenvalue weighted by Crippen LogP contribution is 2.14. The van der Waals surface area contributed by atoms with Crippen LogP contribution in [0.3, 0.4) is 0 Å². The minimum atomic E-state index is -0.117. The molecule has 0 saturated carbocycles. The highest BCUT2D eigenvalue weighted by Gasteiger charge is 2.08. The van der Waals surface area contributed by atoms with Crippen molar-refractivity contribution in [1.29, 1.82) is 0 Å². The SMILES string of the molecule is COc1ncccc1CNc1nccn(CC(C)C)c1=O. The van der Waals surface area contributed by atoms with Crippen LogP contribution in [0.4, 0.5) is 5.82 Å². The Bertz CT molecular complexity index is 652. The van der Waals surface area contributed by atoms with Crippen molar-refractivity contribution < 1.29 is 4.74 Å².